The molecule has 0 radical (unpaired) electrons. The number of aromatic nitrogens is 1. The van der Waals surface area contributed by atoms with E-state index in [-0.39, 0.29) is 11.3 Å². The second-order valence-corrected chi connectivity index (χ2v) is 8.30. The van der Waals surface area contributed by atoms with Gasteiger partial charge in [-0.3, -0.25) is 4.79 Å². The molecule has 0 aliphatic rings. The van der Waals surface area contributed by atoms with Crippen LogP contribution in [0.4, 0.5) is 21.6 Å². The molecule has 2 rings (SSSR count). The number of carbonyl (C=O) groups excluding carboxylic acids is 1. The van der Waals surface area contributed by atoms with E-state index in [0.717, 1.165) is 31.4 Å². The first-order valence-electron chi connectivity index (χ1n) is 11.0. The molecule has 2 aromatic rings. The Bertz CT molecular complexity index is 1000. The molecule has 1 atom stereocenters. The van der Waals surface area contributed by atoms with Gasteiger partial charge in [-0.2, -0.15) is 0 Å². The number of pyridine rings is 1. The molecule has 1 heterocycles. The molecule has 32 heavy (non-hydrogen) atoms. The second-order valence-electron chi connectivity index (χ2n) is 7.89. The van der Waals surface area contributed by atoms with Crippen molar-refractivity contribution in [2.75, 3.05) is 12.4 Å². The number of hydrogen-bond donors (Lipinski definition) is 2. The monoisotopic (exact) mass is 458 g/mol. The van der Waals surface area contributed by atoms with Gasteiger partial charge in [-0.25, -0.2) is 14.4 Å². The van der Waals surface area contributed by atoms with Crippen molar-refractivity contribution >= 4 is 40.4 Å². The van der Waals surface area contributed by atoms with Crippen LogP contribution in [0.2, 0.25) is 5.02 Å². The third kappa shape index (κ3) is 7.16. The lowest BCUT2D eigenvalue weighted by atomic mass is 9.99. The summed E-state index contributed by atoms with van der Waals surface area (Å²) in [5.41, 5.74) is 2.84. The molecule has 2 N–H and O–H groups in total. The summed E-state index contributed by atoms with van der Waals surface area (Å²) < 4.78 is 14.5. The first-order chi connectivity index (χ1) is 15.3. The van der Waals surface area contributed by atoms with Gasteiger partial charge in [0, 0.05) is 18.8 Å². The molecule has 172 valence electrons. The van der Waals surface area contributed by atoms with Crippen LogP contribution in [0.5, 0.6) is 0 Å². The molecule has 5 nitrogen and oxygen atoms in total. The molecule has 0 aliphatic heterocycles. The Morgan fingerprint density at radius 2 is 2.09 bits per heavy atom. The number of para-hydroxylation sites is 1. The zero-order valence-electron chi connectivity index (χ0n) is 19.4. The third-order valence-electron chi connectivity index (χ3n) is 5.40. The second kappa shape index (κ2) is 12.3. The Balaban J connectivity index is 2.42. The fourth-order valence-corrected chi connectivity index (χ4v) is 3.14. The molecule has 1 aromatic heterocycles. The van der Waals surface area contributed by atoms with E-state index < -0.39 is 11.7 Å². The van der Waals surface area contributed by atoms with E-state index in [2.05, 4.69) is 49.4 Å². The number of nitrogens with zero attached hydrogens (tertiary/aromatic N) is 2. The van der Waals surface area contributed by atoms with Crippen LogP contribution in [-0.4, -0.2) is 23.7 Å². The van der Waals surface area contributed by atoms with E-state index in [1.165, 1.54) is 31.0 Å². The molecule has 0 bridgehead atoms. The van der Waals surface area contributed by atoms with Crippen molar-refractivity contribution in [3.8, 4) is 0 Å². The van der Waals surface area contributed by atoms with E-state index in [4.69, 9.17) is 16.6 Å². The number of aliphatic imine (C=N–C) groups is 1. The summed E-state index contributed by atoms with van der Waals surface area (Å²) in [5.74, 6) is 0.117. The van der Waals surface area contributed by atoms with Crippen molar-refractivity contribution in [2.24, 2.45) is 10.9 Å². The highest BCUT2D eigenvalue weighted by Crippen LogP contribution is 2.31. The van der Waals surface area contributed by atoms with Crippen LogP contribution < -0.4 is 10.6 Å². The minimum absolute atomic E-state index is 0.0496. The molecule has 0 fully saturated rings. The highest BCUT2D eigenvalue weighted by atomic mass is 35.5. The van der Waals surface area contributed by atoms with Crippen LogP contribution in [0.3, 0.4) is 0 Å². The van der Waals surface area contributed by atoms with Gasteiger partial charge >= 0.3 is 0 Å². The van der Waals surface area contributed by atoms with Gasteiger partial charge in [0.1, 0.15) is 5.82 Å². The van der Waals surface area contributed by atoms with Gasteiger partial charge in [0.15, 0.2) is 5.82 Å². The van der Waals surface area contributed by atoms with Gasteiger partial charge in [-0.1, -0.05) is 50.4 Å². The van der Waals surface area contributed by atoms with Crippen LogP contribution >= 0.6 is 11.6 Å². The van der Waals surface area contributed by atoms with Crippen molar-refractivity contribution in [2.45, 2.75) is 53.4 Å². The molecule has 0 saturated heterocycles. The van der Waals surface area contributed by atoms with Gasteiger partial charge in [0.25, 0.3) is 5.91 Å². The van der Waals surface area contributed by atoms with E-state index in [1.54, 1.807) is 12.1 Å². The minimum atomic E-state index is -0.556. The molecule has 1 amide bonds. The van der Waals surface area contributed by atoms with Gasteiger partial charge in [-0.05, 0) is 50.3 Å². The highest BCUT2D eigenvalue weighted by Gasteiger charge is 2.16. The number of benzene rings is 1. The molecular weight excluding hydrogens is 427 g/mol. The largest absolute Gasteiger partial charge is 0.355 e. The molecule has 0 saturated carbocycles. The maximum absolute atomic E-state index is 14.5. The maximum Gasteiger partial charge on any atom is 0.253 e. The summed E-state index contributed by atoms with van der Waals surface area (Å²) in [6, 6.07) is 5.99. The van der Waals surface area contributed by atoms with Crippen LogP contribution in [-0.2, 0) is 0 Å². The van der Waals surface area contributed by atoms with Gasteiger partial charge in [0.05, 0.1) is 28.2 Å². The molecule has 0 spiro atoms. The first kappa shape index (κ1) is 25.5. The number of halogens is 2. The van der Waals surface area contributed by atoms with E-state index in [0.29, 0.717) is 22.4 Å². The van der Waals surface area contributed by atoms with E-state index >= 15 is 0 Å². The predicted molar refractivity (Wildman–Crippen MR) is 132 cm³/mol. The lowest BCUT2D eigenvalue weighted by Crippen LogP contribution is -2.19. The summed E-state index contributed by atoms with van der Waals surface area (Å²) in [5, 5.41) is 5.78. The quantitative estimate of drug-likeness (QED) is 0.369. The van der Waals surface area contributed by atoms with Gasteiger partial charge in [-0.15, -0.1) is 0 Å². The van der Waals surface area contributed by atoms with Gasteiger partial charge in [0.2, 0.25) is 0 Å². The smallest absolute Gasteiger partial charge is 0.253 e. The van der Waals surface area contributed by atoms with Gasteiger partial charge < -0.3 is 10.6 Å². The summed E-state index contributed by atoms with van der Waals surface area (Å²) >= 11 is 6.32. The Labute approximate surface area is 195 Å². The minimum Gasteiger partial charge on any atom is -0.355 e. The summed E-state index contributed by atoms with van der Waals surface area (Å²) in [7, 11) is 1.50. The van der Waals surface area contributed by atoms with Crippen LogP contribution in [0.15, 0.2) is 47.1 Å². The van der Waals surface area contributed by atoms with Crippen molar-refractivity contribution in [1.82, 2.24) is 10.3 Å². The molecular formula is C25H32ClFN4O. The van der Waals surface area contributed by atoms with Crippen molar-refractivity contribution in [1.29, 1.82) is 0 Å². The fraction of sp³-hybridized carbons (Fsp3) is 0.400. The predicted octanol–water partition coefficient (Wildman–Crippen LogP) is 7.23. The summed E-state index contributed by atoms with van der Waals surface area (Å²) in [4.78, 5) is 21.3. The lowest BCUT2D eigenvalue weighted by Gasteiger charge is -2.14. The highest BCUT2D eigenvalue weighted by molar-refractivity contribution is 6.33. The summed E-state index contributed by atoms with van der Waals surface area (Å²) in [6.45, 7) is 8.61. The summed E-state index contributed by atoms with van der Waals surface area (Å²) in [6.07, 6.45) is 7.52. The van der Waals surface area contributed by atoms with E-state index in [9.17, 15) is 9.18 Å². The Morgan fingerprint density at radius 1 is 1.34 bits per heavy atom. The van der Waals surface area contributed by atoms with Crippen LogP contribution in [0.25, 0.3) is 0 Å². The van der Waals surface area contributed by atoms with E-state index in [1.807, 2.05) is 0 Å². The number of anilines is 2. The normalized spacial score (nSPS) is 13.1. The SMILES string of the molecule is CC/C(C)=C\C(CCC(C)CC)=Nc1cc(Nc2c(F)cccc2C(=O)NC)c(Cl)cn1. The maximum atomic E-state index is 14.5. The zero-order valence-corrected chi connectivity index (χ0v) is 20.2. The molecule has 1 unspecified atom stereocenters. The average Bonchev–Trinajstić information content (AvgIpc) is 2.79. The molecule has 1 aromatic carbocycles. The van der Waals surface area contributed by atoms with Crippen molar-refractivity contribution < 1.29 is 9.18 Å². The number of carbonyl (C=O) groups is 1. The number of rotatable bonds is 10. The average molecular weight is 459 g/mol. The number of nitrogens with one attached hydrogen (secondary N) is 2. The Hall–Kier alpha value is -2.73. The lowest BCUT2D eigenvalue weighted by molar-refractivity contribution is 0.0963. The van der Waals surface area contributed by atoms with Crippen LogP contribution in [0.1, 0.15) is 63.7 Å². The standard InChI is InChI=1S/C25H32ClFN4O/c1-6-16(3)11-12-18(13-17(4)7-2)30-23-14-22(20(26)15-29-23)31-24-19(25(32)28-5)9-8-10-21(24)27/h8-10,13-16H,6-7,11-12H2,1-5H3,(H,28,32)(H,29,31)/b17-13-,30-18?. The first-order valence-corrected chi connectivity index (χ1v) is 11.3. The van der Waals surface area contributed by atoms with Crippen molar-refractivity contribution in [3.05, 3.63) is 58.5 Å². The molecule has 0 aliphatic carbocycles. The number of allylic oxidation sites excluding steroid dienone is 2. The Kier molecular flexibility index (Phi) is 9.85. The van der Waals surface area contributed by atoms with Crippen molar-refractivity contribution in [3.63, 3.8) is 0 Å². The molecule has 7 heteroatoms. The Morgan fingerprint density at radius 3 is 2.75 bits per heavy atom. The fourth-order valence-electron chi connectivity index (χ4n) is 2.99. The number of amides is 1. The van der Waals surface area contributed by atoms with Crippen LogP contribution in [0, 0.1) is 11.7 Å². The number of hydrogen-bond acceptors (Lipinski definition) is 4. The third-order valence-corrected chi connectivity index (χ3v) is 5.71. The zero-order chi connectivity index (χ0) is 23.7. The topological polar surface area (TPSA) is 66.4 Å².